The molecule has 0 N–H and O–H groups in total. The molecule has 4 atom stereocenters. The van der Waals surface area contributed by atoms with Gasteiger partial charge < -0.3 is 23.8 Å². The topological polar surface area (TPSA) is 91.4 Å². The normalized spacial score (nSPS) is 21.2. The lowest BCUT2D eigenvalue weighted by Crippen LogP contribution is -2.57. The van der Waals surface area contributed by atoms with Crippen molar-refractivity contribution in [2.24, 2.45) is 0 Å². The summed E-state index contributed by atoms with van der Waals surface area (Å²) in [6, 6.07) is 25.3. The fourth-order valence-electron chi connectivity index (χ4n) is 4.09. The molecule has 1 aliphatic heterocycles. The molecular formula is C29H29NO7. The number of nitrogens with zero attached hydrogens (tertiary/aromatic N) is 1. The van der Waals surface area contributed by atoms with Crippen molar-refractivity contribution in [3.63, 3.8) is 0 Å². The van der Waals surface area contributed by atoms with Crippen molar-refractivity contribution in [2.45, 2.75) is 31.0 Å². The van der Waals surface area contributed by atoms with E-state index in [0.29, 0.717) is 23.1 Å². The zero-order chi connectivity index (χ0) is 26.2. The van der Waals surface area contributed by atoms with Crippen molar-refractivity contribution in [2.75, 3.05) is 20.7 Å². The number of ether oxygens (including phenoxy) is 4. The van der Waals surface area contributed by atoms with Crippen LogP contribution >= 0.6 is 0 Å². The van der Waals surface area contributed by atoms with E-state index in [1.54, 1.807) is 84.9 Å². The van der Waals surface area contributed by atoms with Gasteiger partial charge in [-0.3, -0.25) is 0 Å². The third kappa shape index (κ3) is 6.81. The Morgan fingerprint density at radius 2 is 1.19 bits per heavy atom. The lowest BCUT2D eigenvalue weighted by Gasteiger charge is -2.42. The highest BCUT2D eigenvalue weighted by atomic mass is 16.7. The number of hydrogen-bond donors (Lipinski definition) is 0. The second kappa shape index (κ2) is 12.3. The lowest BCUT2D eigenvalue weighted by molar-refractivity contribution is -0.239. The first kappa shape index (κ1) is 26.1. The van der Waals surface area contributed by atoms with Gasteiger partial charge in [-0.25, -0.2) is 14.4 Å². The van der Waals surface area contributed by atoms with Gasteiger partial charge in [-0.15, -0.1) is 0 Å². The number of benzene rings is 3. The number of carbonyl (C=O) groups excluding carboxylic acids is 3. The molecule has 3 aromatic carbocycles. The number of rotatable bonds is 8. The smallest absolute Gasteiger partial charge is 0.340 e. The highest BCUT2D eigenvalue weighted by Gasteiger charge is 2.45. The van der Waals surface area contributed by atoms with E-state index in [-0.39, 0.29) is 12.6 Å². The highest BCUT2D eigenvalue weighted by Crippen LogP contribution is 2.28. The molecule has 0 aromatic heterocycles. The molecule has 0 spiro atoms. The third-order valence-corrected chi connectivity index (χ3v) is 6.04. The van der Waals surface area contributed by atoms with Crippen molar-refractivity contribution in [1.82, 2.24) is 4.90 Å². The van der Waals surface area contributed by atoms with Gasteiger partial charge in [0.25, 0.3) is 0 Å². The maximum Gasteiger partial charge on any atom is 0.340 e. The molecule has 1 aliphatic rings. The molecule has 0 bridgehead atoms. The van der Waals surface area contributed by atoms with E-state index < -0.39 is 36.4 Å². The Kier molecular flexibility index (Phi) is 8.66. The summed E-state index contributed by atoms with van der Waals surface area (Å²) in [5, 5.41) is 0. The van der Waals surface area contributed by atoms with Gasteiger partial charge in [0.2, 0.25) is 6.29 Å². The van der Waals surface area contributed by atoms with Gasteiger partial charge in [0.05, 0.1) is 28.8 Å². The minimum atomic E-state index is -1.22. The molecule has 37 heavy (non-hydrogen) atoms. The summed E-state index contributed by atoms with van der Waals surface area (Å²) < 4.78 is 23.1. The third-order valence-electron chi connectivity index (χ3n) is 6.04. The summed E-state index contributed by atoms with van der Waals surface area (Å²) >= 11 is 0. The van der Waals surface area contributed by atoms with Crippen LogP contribution < -0.4 is 0 Å². The van der Waals surface area contributed by atoms with Crippen LogP contribution in [0.25, 0.3) is 0 Å². The molecule has 0 radical (unpaired) electrons. The van der Waals surface area contributed by atoms with Crippen LogP contribution in [0.2, 0.25) is 0 Å². The fourth-order valence-corrected chi connectivity index (χ4v) is 4.09. The number of esters is 3. The average Bonchev–Trinajstić information content (AvgIpc) is 2.94. The second-order valence-corrected chi connectivity index (χ2v) is 8.86. The van der Waals surface area contributed by atoms with Gasteiger partial charge in [-0.2, -0.15) is 0 Å². The number of carbonyl (C=O) groups is 3. The van der Waals surface area contributed by atoms with E-state index in [1.165, 1.54) is 0 Å². The molecule has 4 rings (SSSR count). The van der Waals surface area contributed by atoms with Gasteiger partial charge in [-0.05, 0) is 56.9 Å². The predicted octanol–water partition coefficient (Wildman–Crippen LogP) is 3.97. The molecule has 0 aliphatic carbocycles. The van der Waals surface area contributed by atoms with E-state index >= 15 is 0 Å². The van der Waals surface area contributed by atoms with Crippen LogP contribution in [-0.4, -0.2) is 68.0 Å². The van der Waals surface area contributed by atoms with Gasteiger partial charge in [0, 0.05) is 0 Å². The van der Waals surface area contributed by atoms with Crippen LogP contribution in [0.4, 0.5) is 0 Å². The Bertz CT molecular complexity index is 1180. The summed E-state index contributed by atoms with van der Waals surface area (Å²) in [7, 11) is 3.67. The predicted molar refractivity (Wildman–Crippen MR) is 135 cm³/mol. The Hall–Kier alpha value is -4.01. The maximum absolute atomic E-state index is 12.9. The minimum Gasteiger partial charge on any atom is -0.459 e. The molecule has 3 aromatic rings. The van der Waals surface area contributed by atoms with E-state index in [9.17, 15) is 14.4 Å². The zero-order valence-electron chi connectivity index (χ0n) is 20.7. The summed E-state index contributed by atoms with van der Waals surface area (Å²) in [6.45, 7) is -0.0587. The van der Waals surface area contributed by atoms with Crippen molar-refractivity contribution >= 4 is 17.9 Å². The lowest BCUT2D eigenvalue weighted by atomic mass is 9.98. The van der Waals surface area contributed by atoms with Crippen molar-refractivity contribution in [1.29, 1.82) is 0 Å². The molecule has 1 fully saturated rings. The van der Waals surface area contributed by atoms with Crippen LogP contribution in [0.1, 0.15) is 37.5 Å². The number of hydrogen-bond acceptors (Lipinski definition) is 8. The van der Waals surface area contributed by atoms with E-state index in [1.807, 2.05) is 25.1 Å². The minimum absolute atomic E-state index is 0.0587. The largest absolute Gasteiger partial charge is 0.459 e. The van der Waals surface area contributed by atoms with E-state index in [4.69, 9.17) is 18.9 Å². The molecule has 8 heteroatoms. The van der Waals surface area contributed by atoms with Crippen LogP contribution in [0.15, 0.2) is 91.0 Å². The molecule has 8 nitrogen and oxygen atoms in total. The molecule has 2 unspecified atom stereocenters. The Morgan fingerprint density at radius 1 is 0.730 bits per heavy atom. The van der Waals surface area contributed by atoms with Crippen LogP contribution in [0, 0.1) is 0 Å². The first-order valence-corrected chi connectivity index (χ1v) is 12.0. The fraction of sp³-hybridized carbons (Fsp3) is 0.276. The van der Waals surface area contributed by atoms with Crippen molar-refractivity contribution in [3.8, 4) is 0 Å². The molecule has 0 saturated carbocycles. The highest BCUT2D eigenvalue weighted by molar-refractivity contribution is 5.90. The molecule has 192 valence electrons. The number of likely N-dealkylation sites (N-methyl/N-ethyl adjacent to an activating group) is 1. The first-order chi connectivity index (χ1) is 17.9. The van der Waals surface area contributed by atoms with Gasteiger partial charge >= 0.3 is 17.9 Å². The molecule has 1 saturated heterocycles. The first-order valence-electron chi connectivity index (χ1n) is 12.0. The Balaban J connectivity index is 1.53. The molecular weight excluding hydrogens is 474 g/mol. The van der Waals surface area contributed by atoms with Gasteiger partial charge in [-0.1, -0.05) is 54.6 Å². The second-order valence-electron chi connectivity index (χ2n) is 8.86. The van der Waals surface area contributed by atoms with Crippen molar-refractivity contribution < 1.29 is 33.3 Å². The Labute approximate surface area is 215 Å². The molecule has 0 amide bonds. The van der Waals surface area contributed by atoms with Gasteiger partial charge in [0.1, 0.15) is 6.61 Å². The van der Waals surface area contributed by atoms with Crippen LogP contribution in [-0.2, 0) is 18.9 Å². The van der Waals surface area contributed by atoms with Crippen molar-refractivity contribution in [3.05, 3.63) is 108 Å². The Morgan fingerprint density at radius 3 is 1.68 bits per heavy atom. The van der Waals surface area contributed by atoms with Crippen LogP contribution in [0.3, 0.4) is 0 Å². The maximum atomic E-state index is 12.9. The average molecular weight is 504 g/mol. The van der Waals surface area contributed by atoms with Gasteiger partial charge in [0.15, 0.2) is 6.10 Å². The summed E-state index contributed by atoms with van der Waals surface area (Å²) in [6.07, 6.45) is -2.36. The quantitative estimate of drug-likeness (QED) is 0.337. The standard InChI is InChI=1S/C29H29NO7/c1-30(2)24-18-23(19-34-26(31)20-12-6-3-7-13-20)35-29(37-28(33)22-16-10-5-11-17-22)25(24)36-27(32)21-14-8-4-9-15-21/h3-17,23-25,29H,18-19H2,1-2H3/t23-,24-,25?,29?/m0/s1. The summed E-state index contributed by atoms with van der Waals surface area (Å²) in [5.74, 6) is -1.66. The summed E-state index contributed by atoms with van der Waals surface area (Å²) in [4.78, 5) is 40.2. The summed E-state index contributed by atoms with van der Waals surface area (Å²) in [5.41, 5.74) is 1.12. The molecule has 1 heterocycles. The SMILES string of the molecule is CN(C)[C@H]1C[C@@H](COC(=O)c2ccccc2)OC(OC(=O)c2ccccc2)C1OC(=O)c1ccccc1. The van der Waals surface area contributed by atoms with Crippen LogP contribution in [0.5, 0.6) is 0 Å². The van der Waals surface area contributed by atoms with E-state index in [2.05, 4.69) is 0 Å². The monoisotopic (exact) mass is 503 g/mol. The van der Waals surface area contributed by atoms with E-state index in [0.717, 1.165) is 0 Å². The zero-order valence-corrected chi connectivity index (χ0v) is 20.7.